The zero-order valence-corrected chi connectivity index (χ0v) is 16.3. The lowest BCUT2D eigenvalue weighted by atomic mass is 9.99. The summed E-state index contributed by atoms with van der Waals surface area (Å²) in [6.45, 7) is 2.27. The molecule has 1 fully saturated rings. The first kappa shape index (κ1) is 21.9. The van der Waals surface area contributed by atoms with Crippen molar-refractivity contribution in [2.75, 3.05) is 0 Å². The van der Waals surface area contributed by atoms with Crippen molar-refractivity contribution in [3.8, 4) is 0 Å². The second-order valence-corrected chi connectivity index (χ2v) is 7.42. The van der Waals surface area contributed by atoms with Gasteiger partial charge in [-0.25, -0.2) is 0 Å². The van der Waals surface area contributed by atoms with Crippen molar-refractivity contribution < 1.29 is 14.3 Å². The highest BCUT2D eigenvalue weighted by Gasteiger charge is 2.32. The van der Waals surface area contributed by atoms with Crippen LogP contribution in [-0.2, 0) is 14.3 Å². The molecule has 0 spiro atoms. The number of ether oxygens (including phenoxy) is 1. The fraction of sp³-hybridized carbons (Fsp3) is 0.818. The summed E-state index contributed by atoms with van der Waals surface area (Å²) in [5.41, 5.74) is 0. The number of unbranched alkanes of at least 4 members (excludes halogenated alkanes) is 12. The second-order valence-electron chi connectivity index (χ2n) is 7.42. The number of rotatable bonds is 16. The zero-order chi connectivity index (χ0) is 18.2. The van der Waals surface area contributed by atoms with E-state index in [2.05, 4.69) is 23.8 Å². The molecule has 25 heavy (non-hydrogen) atoms. The van der Waals surface area contributed by atoms with E-state index in [4.69, 9.17) is 0 Å². The van der Waals surface area contributed by atoms with Gasteiger partial charge in [0.05, 0.1) is 12.3 Å². The Morgan fingerprint density at radius 1 is 0.800 bits per heavy atom. The van der Waals surface area contributed by atoms with Gasteiger partial charge >= 0.3 is 11.9 Å². The minimum absolute atomic E-state index is 0.165. The molecule has 0 aromatic rings. The fourth-order valence-electron chi connectivity index (χ4n) is 3.38. The van der Waals surface area contributed by atoms with Crippen LogP contribution in [0.3, 0.4) is 0 Å². The number of hydrogen-bond donors (Lipinski definition) is 0. The predicted octanol–water partition coefficient (Wildman–Crippen LogP) is 6.50. The Kier molecular flexibility index (Phi) is 13.3. The number of allylic oxidation sites excluding steroid dienone is 2. The largest absolute Gasteiger partial charge is 0.393 e. The molecule has 1 atom stereocenters. The van der Waals surface area contributed by atoms with Crippen molar-refractivity contribution in [2.45, 2.75) is 110 Å². The highest BCUT2D eigenvalue weighted by Crippen LogP contribution is 2.22. The van der Waals surface area contributed by atoms with E-state index >= 15 is 0 Å². The normalized spacial score (nSPS) is 17.6. The number of hydrogen-bond acceptors (Lipinski definition) is 3. The average molecular weight is 351 g/mol. The van der Waals surface area contributed by atoms with Gasteiger partial charge in [-0.2, -0.15) is 0 Å². The van der Waals surface area contributed by atoms with Gasteiger partial charge in [0.15, 0.2) is 0 Å². The summed E-state index contributed by atoms with van der Waals surface area (Å²) >= 11 is 0. The maximum Gasteiger partial charge on any atom is 0.317 e. The van der Waals surface area contributed by atoms with Crippen molar-refractivity contribution in [3.63, 3.8) is 0 Å². The molecule has 1 unspecified atom stereocenters. The van der Waals surface area contributed by atoms with Gasteiger partial charge in [0.25, 0.3) is 0 Å². The monoisotopic (exact) mass is 350 g/mol. The molecule has 0 N–H and O–H groups in total. The third-order valence-electron chi connectivity index (χ3n) is 5.03. The van der Waals surface area contributed by atoms with Crippen LogP contribution in [0.5, 0.6) is 0 Å². The van der Waals surface area contributed by atoms with Crippen LogP contribution in [0, 0.1) is 5.92 Å². The van der Waals surface area contributed by atoms with E-state index < -0.39 is 0 Å². The van der Waals surface area contributed by atoms with Crippen molar-refractivity contribution in [3.05, 3.63) is 12.2 Å². The van der Waals surface area contributed by atoms with Gasteiger partial charge in [0, 0.05) is 0 Å². The Morgan fingerprint density at radius 3 is 1.84 bits per heavy atom. The fourth-order valence-corrected chi connectivity index (χ4v) is 3.38. The molecule has 0 aliphatic carbocycles. The lowest BCUT2D eigenvalue weighted by Gasteiger charge is -2.04. The maximum atomic E-state index is 11.3. The molecule has 0 radical (unpaired) electrons. The molecule has 144 valence electrons. The van der Waals surface area contributed by atoms with Gasteiger partial charge in [0.2, 0.25) is 0 Å². The molecule has 3 nitrogen and oxygen atoms in total. The topological polar surface area (TPSA) is 43.4 Å². The molecule has 1 saturated heterocycles. The first-order valence-corrected chi connectivity index (χ1v) is 10.6. The van der Waals surface area contributed by atoms with Crippen LogP contribution in [0.4, 0.5) is 0 Å². The summed E-state index contributed by atoms with van der Waals surface area (Å²) in [4.78, 5) is 22.3. The Labute approximate surface area is 154 Å². The number of cyclic esters (lactones) is 2. The van der Waals surface area contributed by atoms with Gasteiger partial charge in [-0.05, 0) is 32.1 Å². The van der Waals surface area contributed by atoms with Crippen LogP contribution >= 0.6 is 0 Å². The van der Waals surface area contributed by atoms with Gasteiger partial charge < -0.3 is 4.74 Å². The van der Waals surface area contributed by atoms with E-state index in [9.17, 15) is 9.59 Å². The van der Waals surface area contributed by atoms with E-state index in [1.807, 2.05) is 0 Å². The molecule has 0 amide bonds. The van der Waals surface area contributed by atoms with E-state index in [0.29, 0.717) is 6.42 Å². The maximum absolute atomic E-state index is 11.3. The van der Waals surface area contributed by atoms with Crippen molar-refractivity contribution in [2.24, 2.45) is 5.92 Å². The first-order chi connectivity index (χ1) is 12.2. The number of carbonyl (C=O) groups is 2. The van der Waals surface area contributed by atoms with Crippen molar-refractivity contribution in [1.29, 1.82) is 0 Å². The minimum atomic E-state index is -0.349. The highest BCUT2D eigenvalue weighted by molar-refractivity contribution is 5.94. The van der Waals surface area contributed by atoms with Gasteiger partial charge in [-0.1, -0.05) is 83.3 Å². The third-order valence-corrected chi connectivity index (χ3v) is 5.03. The SMILES string of the molecule is CCCCCCCCC/C=C/CCCCCCCC1CC(=O)OC1=O. The molecule has 0 saturated carbocycles. The molecule has 3 heteroatoms. The molecular weight excluding hydrogens is 312 g/mol. The summed E-state index contributed by atoms with van der Waals surface area (Å²) < 4.78 is 4.57. The summed E-state index contributed by atoms with van der Waals surface area (Å²) in [6.07, 6.45) is 23.8. The first-order valence-electron chi connectivity index (χ1n) is 10.6. The van der Waals surface area contributed by atoms with Gasteiger partial charge in [-0.15, -0.1) is 0 Å². The highest BCUT2D eigenvalue weighted by atomic mass is 16.6. The summed E-state index contributed by atoms with van der Waals surface area (Å²) in [6, 6.07) is 0. The molecule has 1 heterocycles. The van der Waals surface area contributed by atoms with E-state index in [1.165, 1.54) is 77.0 Å². The summed E-state index contributed by atoms with van der Waals surface area (Å²) in [5, 5.41) is 0. The lowest BCUT2D eigenvalue weighted by Crippen LogP contribution is -2.06. The molecular formula is C22H38O3. The predicted molar refractivity (Wildman–Crippen MR) is 103 cm³/mol. The Morgan fingerprint density at radius 2 is 1.32 bits per heavy atom. The third kappa shape index (κ3) is 12.0. The smallest absolute Gasteiger partial charge is 0.317 e. The Balaban J connectivity index is 1.78. The standard InChI is InChI=1S/C22H38O3/c1-2-3-4-5-6-7-8-9-10-11-12-13-14-15-16-17-18-20-19-21(23)25-22(20)24/h10-11,20H,2-9,12-19H2,1H3/b11-10+. The van der Waals surface area contributed by atoms with Crippen LogP contribution in [0.2, 0.25) is 0 Å². The lowest BCUT2D eigenvalue weighted by molar-refractivity contribution is -0.153. The van der Waals surface area contributed by atoms with Gasteiger partial charge in [0.1, 0.15) is 0 Å². The molecule has 0 aromatic heterocycles. The quantitative estimate of drug-likeness (QED) is 0.138. The van der Waals surface area contributed by atoms with Gasteiger partial charge in [-0.3, -0.25) is 9.59 Å². The molecule has 0 aromatic carbocycles. The van der Waals surface area contributed by atoms with Crippen molar-refractivity contribution >= 4 is 11.9 Å². The molecule has 1 aliphatic heterocycles. The second kappa shape index (κ2) is 15.2. The van der Waals surface area contributed by atoms with E-state index in [1.54, 1.807) is 0 Å². The Hall–Kier alpha value is -1.12. The van der Waals surface area contributed by atoms with Crippen LogP contribution in [0.1, 0.15) is 110 Å². The number of carbonyl (C=O) groups excluding carboxylic acids is 2. The summed E-state index contributed by atoms with van der Waals surface area (Å²) in [7, 11) is 0. The van der Waals surface area contributed by atoms with Crippen LogP contribution in [-0.4, -0.2) is 11.9 Å². The molecule has 1 rings (SSSR count). The minimum Gasteiger partial charge on any atom is -0.393 e. The molecule has 1 aliphatic rings. The zero-order valence-electron chi connectivity index (χ0n) is 16.3. The van der Waals surface area contributed by atoms with Crippen LogP contribution in [0.15, 0.2) is 12.2 Å². The molecule has 0 bridgehead atoms. The number of esters is 2. The van der Waals surface area contributed by atoms with E-state index in [-0.39, 0.29) is 17.9 Å². The van der Waals surface area contributed by atoms with Crippen molar-refractivity contribution in [1.82, 2.24) is 0 Å². The van der Waals surface area contributed by atoms with Crippen LogP contribution < -0.4 is 0 Å². The summed E-state index contributed by atoms with van der Waals surface area (Å²) in [5.74, 6) is -0.823. The average Bonchev–Trinajstić information content (AvgIpc) is 2.92. The van der Waals surface area contributed by atoms with Crippen LogP contribution in [0.25, 0.3) is 0 Å². The Bertz CT molecular complexity index is 387. The van der Waals surface area contributed by atoms with E-state index in [0.717, 1.165) is 19.3 Å².